The maximum Gasteiger partial charge on any atom is 0.246 e. The molecule has 3 N–H and O–H groups in total. The lowest BCUT2D eigenvalue weighted by atomic mass is 10.2. The lowest BCUT2D eigenvalue weighted by Crippen LogP contribution is -2.31. The third-order valence-electron chi connectivity index (χ3n) is 2.10. The average molecular weight is 238 g/mol. The number of hydrogen-bond donors (Lipinski definition) is 2. The van der Waals surface area contributed by atoms with Crippen LogP contribution >= 0.6 is 0 Å². The Hall–Kier alpha value is -1.59. The van der Waals surface area contributed by atoms with Gasteiger partial charge < -0.3 is 20.5 Å². The molecule has 0 atom stereocenters. The van der Waals surface area contributed by atoms with Crippen LogP contribution in [0.2, 0.25) is 0 Å². The number of rotatable bonds is 7. The Kier molecular flexibility index (Phi) is 6.06. The first kappa shape index (κ1) is 13.5. The lowest BCUT2D eigenvalue weighted by Gasteiger charge is -2.06. The van der Waals surface area contributed by atoms with Crippen molar-refractivity contribution in [3.8, 4) is 5.75 Å². The van der Waals surface area contributed by atoms with Crippen molar-refractivity contribution < 1.29 is 14.3 Å². The quantitative estimate of drug-likeness (QED) is 0.716. The number of carbonyl (C=O) groups excluding carboxylic acids is 1. The van der Waals surface area contributed by atoms with E-state index >= 15 is 0 Å². The van der Waals surface area contributed by atoms with Gasteiger partial charge in [-0.25, -0.2) is 0 Å². The van der Waals surface area contributed by atoms with Crippen molar-refractivity contribution >= 4 is 5.91 Å². The van der Waals surface area contributed by atoms with Gasteiger partial charge in [-0.15, -0.1) is 0 Å². The maximum absolute atomic E-state index is 11.2. The van der Waals surface area contributed by atoms with Crippen LogP contribution < -0.4 is 15.8 Å². The molecule has 5 heteroatoms. The lowest BCUT2D eigenvalue weighted by molar-refractivity contribution is -0.126. The summed E-state index contributed by atoms with van der Waals surface area (Å²) in [6.07, 6.45) is 0. The second kappa shape index (κ2) is 7.65. The van der Waals surface area contributed by atoms with Crippen molar-refractivity contribution in [2.45, 2.75) is 6.61 Å². The summed E-state index contributed by atoms with van der Waals surface area (Å²) < 4.78 is 10.4. The fraction of sp³-hybridized carbons (Fsp3) is 0.417. The molecule has 1 aromatic rings. The first-order chi connectivity index (χ1) is 8.26. The van der Waals surface area contributed by atoms with Gasteiger partial charge in [-0.1, -0.05) is 12.1 Å². The molecule has 1 aromatic carbocycles. The molecule has 0 aliphatic carbocycles. The molecule has 94 valence electrons. The minimum absolute atomic E-state index is 0.0389. The molecule has 0 aromatic heterocycles. The highest BCUT2D eigenvalue weighted by Gasteiger charge is 2.01. The molecule has 5 nitrogen and oxygen atoms in total. The Morgan fingerprint density at radius 3 is 3.00 bits per heavy atom. The van der Waals surface area contributed by atoms with E-state index in [4.69, 9.17) is 15.2 Å². The summed E-state index contributed by atoms with van der Waals surface area (Å²) in [4.78, 5) is 11.2. The predicted octanol–water partition coefficient (Wildman–Crippen LogP) is 0.287. The molecule has 0 aliphatic rings. The summed E-state index contributed by atoms with van der Waals surface area (Å²) in [6, 6.07) is 7.53. The largest absolute Gasteiger partial charge is 0.497 e. The predicted molar refractivity (Wildman–Crippen MR) is 64.7 cm³/mol. The molecule has 0 bridgehead atoms. The smallest absolute Gasteiger partial charge is 0.246 e. The monoisotopic (exact) mass is 238 g/mol. The summed E-state index contributed by atoms with van der Waals surface area (Å²) in [5.41, 5.74) is 6.23. The van der Waals surface area contributed by atoms with E-state index in [1.807, 2.05) is 24.3 Å². The summed E-state index contributed by atoms with van der Waals surface area (Å²) in [6.45, 7) is 1.33. The Bertz CT molecular complexity index is 355. The number of carbonyl (C=O) groups is 1. The van der Waals surface area contributed by atoms with E-state index in [1.165, 1.54) is 0 Å². The topological polar surface area (TPSA) is 73.6 Å². The molecule has 0 unspecified atom stereocenters. The molecular formula is C12H18N2O3. The van der Waals surface area contributed by atoms with Gasteiger partial charge in [-0.2, -0.15) is 0 Å². The van der Waals surface area contributed by atoms with Crippen LogP contribution in [0.1, 0.15) is 5.56 Å². The zero-order valence-corrected chi connectivity index (χ0v) is 9.94. The van der Waals surface area contributed by atoms with Crippen molar-refractivity contribution in [2.75, 3.05) is 26.8 Å². The fourth-order valence-electron chi connectivity index (χ4n) is 1.29. The third kappa shape index (κ3) is 5.33. The van der Waals surface area contributed by atoms with Crippen LogP contribution in [-0.2, 0) is 16.1 Å². The number of nitrogens with one attached hydrogen (secondary N) is 1. The number of methoxy groups -OCH3 is 1. The minimum atomic E-state index is -0.154. The zero-order chi connectivity index (χ0) is 12.5. The van der Waals surface area contributed by atoms with Crippen LogP contribution in [0.15, 0.2) is 24.3 Å². The highest BCUT2D eigenvalue weighted by Crippen LogP contribution is 2.12. The van der Waals surface area contributed by atoms with Crippen molar-refractivity contribution in [3.05, 3.63) is 29.8 Å². The van der Waals surface area contributed by atoms with Gasteiger partial charge in [0.25, 0.3) is 0 Å². The van der Waals surface area contributed by atoms with Crippen LogP contribution in [0.3, 0.4) is 0 Å². The van der Waals surface area contributed by atoms with Gasteiger partial charge in [0.05, 0.1) is 13.7 Å². The van der Waals surface area contributed by atoms with Gasteiger partial charge in [0.1, 0.15) is 12.4 Å². The molecule has 1 amide bonds. The molecule has 0 heterocycles. The second-order valence-corrected chi connectivity index (χ2v) is 3.48. The summed E-state index contributed by atoms with van der Waals surface area (Å²) in [5, 5.41) is 2.63. The standard InChI is InChI=1S/C12H18N2O3/c1-16-11-4-2-3-10(7-11)8-17-9-12(15)14-6-5-13/h2-4,7H,5-6,8-9,13H2,1H3,(H,14,15). The summed E-state index contributed by atoms with van der Waals surface area (Å²) >= 11 is 0. The molecule has 0 saturated carbocycles. The molecule has 17 heavy (non-hydrogen) atoms. The van der Waals surface area contributed by atoms with Crippen molar-refractivity contribution in [3.63, 3.8) is 0 Å². The van der Waals surface area contributed by atoms with Gasteiger partial charge in [0.2, 0.25) is 5.91 Å². The average Bonchev–Trinajstić information content (AvgIpc) is 2.36. The Morgan fingerprint density at radius 2 is 2.29 bits per heavy atom. The number of ether oxygens (including phenoxy) is 2. The highest BCUT2D eigenvalue weighted by atomic mass is 16.5. The number of benzene rings is 1. The summed E-state index contributed by atoms with van der Waals surface area (Å²) in [7, 11) is 1.61. The number of nitrogens with two attached hydrogens (primary N) is 1. The van der Waals surface area contributed by atoms with E-state index in [-0.39, 0.29) is 12.5 Å². The Morgan fingerprint density at radius 1 is 1.47 bits per heavy atom. The molecule has 0 spiro atoms. The molecule has 0 fully saturated rings. The van der Waals surface area contributed by atoms with E-state index < -0.39 is 0 Å². The van der Waals surface area contributed by atoms with E-state index in [2.05, 4.69) is 5.32 Å². The van der Waals surface area contributed by atoms with Gasteiger partial charge in [-0.3, -0.25) is 4.79 Å². The van der Waals surface area contributed by atoms with Crippen molar-refractivity contribution in [1.82, 2.24) is 5.32 Å². The SMILES string of the molecule is COc1cccc(COCC(=O)NCCN)c1. The van der Waals surface area contributed by atoms with Crippen LogP contribution in [0.4, 0.5) is 0 Å². The van der Waals surface area contributed by atoms with Crippen molar-refractivity contribution in [2.24, 2.45) is 5.73 Å². The number of amides is 1. The Labute approximate surface area is 101 Å². The van der Waals surface area contributed by atoms with Gasteiger partial charge in [0.15, 0.2) is 0 Å². The Balaban J connectivity index is 2.28. The van der Waals surface area contributed by atoms with E-state index in [0.29, 0.717) is 19.7 Å². The molecule has 0 radical (unpaired) electrons. The molecule has 0 saturated heterocycles. The minimum Gasteiger partial charge on any atom is -0.497 e. The third-order valence-corrected chi connectivity index (χ3v) is 2.10. The first-order valence-corrected chi connectivity index (χ1v) is 5.43. The van der Waals surface area contributed by atoms with Crippen LogP contribution in [0, 0.1) is 0 Å². The molecule has 1 rings (SSSR count). The highest BCUT2D eigenvalue weighted by molar-refractivity contribution is 5.77. The molecular weight excluding hydrogens is 220 g/mol. The fourth-order valence-corrected chi connectivity index (χ4v) is 1.29. The van der Waals surface area contributed by atoms with E-state index in [9.17, 15) is 4.79 Å². The van der Waals surface area contributed by atoms with Crippen LogP contribution in [0.25, 0.3) is 0 Å². The normalized spacial score (nSPS) is 10.0. The van der Waals surface area contributed by atoms with Gasteiger partial charge >= 0.3 is 0 Å². The summed E-state index contributed by atoms with van der Waals surface area (Å²) in [5.74, 6) is 0.622. The molecule has 0 aliphatic heterocycles. The zero-order valence-electron chi connectivity index (χ0n) is 9.94. The van der Waals surface area contributed by atoms with Crippen LogP contribution in [-0.4, -0.2) is 32.7 Å². The van der Waals surface area contributed by atoms with Gasteiger partial charge in [0, 0.05) is 13.1 Å². The van der Waals surface area contributed by atoms with E-state index in [0.717, 1.165) is 11.3 Å². The van der Waals surface area contributed by atoms with Crippen LogP contribution in [0.5, 0.6) is 5.75 Å². The number of hydrogen-bond acceptors (Lipinski definition) is 4. The maximum atomic E-state index is 11.2. The second-order valence-electron chi connectivity index (χ2n) is 3.48. The first-order valence-electron chi connectivity index (χ1n) is 5.43. The van der Waals surface area contributed by atoms with E-state index in [1.54, 1.807) is 7.11 Å². The van der Waals surface area contributed by atoms with Crippen molar-refractivity contribution in [1.29, 1.82) is 0 Å². The van der Waals surface area contributed by atoms with Gasteiger partial charge in [-0.05, 0) is 17.7 Å².